The van der Waals surface area contributed by atoms with E-state index in [9.17, 15) is 8.42 Å². The van der Waals surface area contributed by atoms with Gasteiger partial charge in [-0.1, -0.05) is 5.16 Å². The van der Waals surface area contributed by atoms with Crippen molar-refractivity contribution in [2.45, 2.75) is 24.8 Å². The van der Waals surface area contributed by atoms with Crippen LogP contribution in [0.5, 0.6) is 0 Å². The number of methoxy groups -OCH3 is 1. The molecule has 0 aliphatic carbocycles. The SMILES string of the molecule is CNC(COC)Cc1nc(C2CCS(=O)(=O)C2)no1. The molecule has 0 amide bonds. The normalized spacial score (nSPS) is 23.6. The molecule has 2 unspecified atom stereocenters. The summed E-state index contributed by atoms with van der Waals surface area (Å²) in [5.41, 5.74) is 0. The fraction of sp³-hybridized carbons (Fsp3) is 0.818. The van der Waals surface area contributed by atoms with Gasteiger partial charge in [0.1, 0.15) is 0 Å². The van der Waals surface area contributed by atoms with E-state index in [-0.39, 0.29) is 23.5 Å². The molecule has 1 aromatic rings. The highest BCUT2D eigenvalue weighted by Gasteiger charge is 2.32. The van der Waals surface area contributed by atoms with Crippen LogP contribution in [-0.2, 0) is 21.0 Å². The summed E-state index contributed by atoms with van der Waals surface area (Å²) in [4.78, 5) is 4.29. The van der Waals surface area contributed by atoms with Gasteiger partial charge in [-0.3, -0.25) is 0 Å². The molecule has 1 saturated heterocycles. The third kappa shape index (κ3) is 3.74. The average Bonchev–Trinajstić information content (AvgIpc) is 2.95. The van der Waals surface area contributed by atoms with E-state index in [2.05, 4.69) is 15.5 Å². The summed E-state index contributed by atoms with van der Waals surface area (Å²) in [6.45, 7) is 0.548. The third-order valence-electron chi connectivity index (χ3n) is 3.28. The van der Waals surface area contributed by atoms with Gasteiger partial charge in [0.15, 0.2) is 15.7 Å². The predicted molar refractivity (Wildman–Crippen MR) is 68.7 cm³/mol. The molecule has 0 radical (unpaired) electrons. The predicted octanol–water partition coefficient (Wildman–Crippen LogP) is -0.251. The Labute approximate surface area is 112 Å². The van der Waals surface area contributed by atoms with Crippen LogP contribution in [0.3, 0.4) is 0 Å². The van der Waals surface area contributed by atoms with Gasteiger partial charge in [-0.2, -0.15) is 4.98 Å². The molecule has 8 heteroatoms. The molecule has 1 fully saturated rings. The molecule has 1 aromatic heterocycles. The van der Waals surface area contributed by atoms with Crippen molar-refractivity contribution in [2.24, 2.45) is 0 Å². The summed E-state index contributed by atoms with van der Waals surface area (Å²) in [5, 5.41) is 6.99. The standard InChI is InChI=1S/C11H19N3O4S/c1-12-9(6-17-2)5-10-13-11(14-18-10)8-3-4-19(15,16)7-8/h8-9,12H,3-7H2,1-2H3. The zero-order valence-corrected chi connectivity index (χ0v) is 11.9. The van der Waals surface area contributed by atoms with Gasteiger partial charge in [0.05, 0.1) is 18.1 Å². The van der Waals surface area contributed by atoms with E-state index in [1.54, 1.807) is 7.11 Å². The lowest BCUT2D eigenvalue weighted by molar-refractivity contribution is 0.165. The number of aromatic nitrogens is 2. The molecule has 0 bridgehead atoms. The number of hydrogen-bond acceptors (Lipinski definition) is 7. The van der Waals surface area contributed by atoms with Crippen LogP contribution in [0.4, 0.5) is 0 Å². The smallest absolute Gasteiger partial charge is 0.228 e. The highest BCUT2D eigenvalue weighted by molar-refractivity contribution is 7.91. The summed E-state index contributed by atoms with van der Waals surface area (Å²) in [7, 11) is 0.545. The fourth-order valence-corrected chi connectivity index (χ4v) is 3.91. The number of ether oxygens (including phenoxy) is 1. The fourth-order valence-electron chi connectivity index (χ4n) is 2.17. The second-order valence-corrected chi connectivity index (χ2v) is 7.02. The number of likely N-dealkylation sites (N-methyl/N-ethyl adjacent to an activating group) is 1. The van der Waals surface area contributed by atoms with Gasteiger partial charge in [-0.25, -0.2) is 8.42 Å². The highest BCUT2D eigenvalue weighted by Crippen LogP contribution is 2.26. The molecule has 1 N–H and O–H groups in total. The Balaban J connectivity index is 1.99. The number of rotatable bonds is 6. The summed E-state index contributed by atoms with van der Waals surface area (Å²) in [5.74, 6) is 1.22. The second kappa shape index (κ2) is 5.98. The molecule has 0 saturated carbocycles. The molecule has 1 aliphatic heterocycles. The van der Waals surface area contributed by atoms with E-state index >= 15 is 0 Å². The lowest BCUT2D eigenvalue weighted by Gasteiger charge is -2.11. The molecule has 2 heterocycles. The van der Waals surface area contributed by atoms with Gasteiger partial charge >= 0.3 is 0 Å². The molecule has 108 valence electrons. The average molecular weight is 289 g/mol. The van der Waals surface area contributed by atoms with Gasteiger partial charge < -0.3 is 14.6 Å². The Hall–Kier alpha value is -0.990. The minimum Gasteiger partial charge on any atom is -0.383 e. The van der Waals surface area contributed by atoms with E-state index in [0.29, 0.717) is 31.2 Å². The molecule has 2 rings (SSSR count). The van der Waals surface area contributed by atoms with E-state index < -0.39 is 9.84 Å². The van der Waals surface area contributed by atoms with Crippen molar-refractivity contribution >= 4 is 9.84 Å². The Morgan fingerprint density at radius 1 is 1.58 bits per heavy atom. The minimum absolute atomic E-state index is 0.102. The van der Waals surface area contributed by atoms with Gasteiger partial charge in [-0.15, -0.1) is 0 Å². The van der Waals surface area contributed by atoms with Crippen molar-refractivity contribution in [3.05, 3.63) is 11.7 Å². The Morgan fingerprint density at radius 3 is 2.95 bits per heavy atom. The zero-order chi connectivity index (χ0) is 13.9. The molecule has 7 nitrogen and oxygen atoms in total. The van der Waals surface area contributed by atoms with Crippen LogP contribution in [0.1, 0.15) is 24.1 Å². The molecule has 0 aromatic carbocycles. The van der Waals surface area contributed by atoms with Crippen molar-refractivity contribution in [3.63, 3.8) is 0 Å². The Bertz CT molecular complexity index is 514. The first kappa shape index (κ1) is 14.4. The van der Waals surface area contributed by atoms with Crippen LogP contribution in [0, 0.1) is 0 Å². The van der Waals surface area contributed by atoms with Crippen LogP contribution in [0.25, 0.3) is 0 Å². The first-order valence-corrected chi connectivity index (χ1v) is 8.05. The number of hydrogen-bond donors (Lipinski definition) is 1. The lowest BCUT2D eigenvalue weighted by Crippen LogP contribution is -2.32. The quantitative estimate of drug-likeness (QED) is 0.771. The van der Waals surface area contributed by atoms with Gasteiger partial charge in [0, 0.05) is 25.5 Å². The van der Waals surface area contributed by atoms with Gasteiger partial charge in [0.2, 0.25) is 5.89 Å². The van der Waals surface area contributed by atoms with Crippen molar-refractivity contribution < 1.29 is 17.7 Å². The summed E-state index contributed by atoms with van der Waals surface area (Å²) < 4.78 is 33.1. The van der Waals surface area contributed by atoms with Crippen molar-refractivity contribution in [2.75, 3.05) is 32.3 Å². The van der Waals surface area contributed by atoms with Crippen molar-refractivity contribution in [3.8, 4) is 0 Å². The maximum Gasteiger partial charge on any atom is 0.228 e. The summed E-state index contributed by atoms with van der Waals surface area (Å²) >= 11 is 0. The largest absolute Gasteiger partial charge is 0.383 e. The zero-order valence-electron chi connectivity index (χ0n) is 11.1. The molecule has 2 atom stereocenters. The molecular formula is C11H19N3O4S. The van der Waals surface area contributed by atoms with Gasteiger partial charge in [0.25, 0.3) is 0 Å². The number of sulfone groups is 1. The number of nitrogens with one attached hydrogen (secondary N) is 1. The van der Waals surface area contributed by atoms with E-state index in [0.717, 1.165) is 0 Å². The van der Waals surface area contributed by atoms with Crippen LogP contribution in [0.15, 0.2) is 4.52 Å². The topological polar surface area (TPSA) is 94.3 Å². The minimum atomic E-state index is -2.92. The van der Waals surface area contributed by atoms with Crippen LogP contribution >= 0.6 is 0 Å². The first-order valence-electron chi connectivity index (χ1n) is 6.23. The molecule has 0 spiro atoms. The Kier molecular flexibility index (Phi) is 4.54. The van der Waals surface area contributed by atoms with E-state index in [1.165, 1.54) is 0 Å². The summed E-state index contributed by atoms with van der Waals surface area (Å²) in [6, 6.07) is 0.102. The molecular weight excluding hydrogens is 270 g/mol. The maximum atomic E-state index is 11.4. The molecule has 19 heavy (non-hydrogen) atoms. The van der Waals surface area contributed by atoms with Crippen molar-refractivity contribution in [1.82, 2.24) is 15.5 Å². The van der Waals surface area contributed by atoms with Crippen LogP contribution < -0.4 is 5.32 Å². The third-order valence-corrected chi connectivity index (χ3v) is 5.05. The lowest BCUT2D eigenvalue weighted by atomic mass is 10.1. The molecule has 1 aliphatic rings. The maximum absolute atomic E-state index is 11.4. The summed E-state index contributed by atoms with van der Waals surface area (Å²) in [6.07, 6.45) is 1.14. The Morgan fingerprint density at radius 2 is 2.37 bits per heavy atom. The van der Waals surface area contributed by atoms with Crippen LogP contribution in [-0.4, -0.2) is 56.9 Å². The van der Waals surface area contributed by atoms with E-state index in [1.807, 2.05) is 7.05 Å². The van der Waals surface area contributed by atoms with Crippen LogP contribution in [0.2, 0.25) is 0 Å². The van der Waals surface area contributed by atoms with E-state index in [4.69, 9.17) is 9.26 Å². The second-order valence-electron chi connectivity index (χ2n) is 4.79. The van der Waals surface area contributed by atoms with Crippen molar-refractivity contribution in [1.29, 1.82) is 0 Å². The monoisotopic (exact) mass is 289 g/mol. The first-order chi connectivity index (χ1) is 9.04. The number of nitrogens with zero attached hydrogens (tertiary/aromatic N) is 2. The van der Waals surface area contributed by atoms with Gasteiger partial charge in [-0.05, 0) is 13.5 Å². The highest BCUT2D eigenvalue weighted by atomic mass is 32.2.